The van der Waals surface area contributed by atoms with E-state index in [1.807, 2.05) is 24.3 Å². The maximum atomic E-state index is 10.8. The molecule has 0 aliphatic carbocycles. The largest absolute Gasteiger partial charge is 0.478 e. The molecule has 1 aromatic heterocycles. The number of aromatic nitrogens is 2. The number of hydrogen-bond donors (Lipinski definition) is 3. The molecule has 4 N–H and O–H groups in total. The highest BCUT2D eigenvalue weighted by atomic mass is 16.4. The predicted octanol–water partition coefficient (Wildman–Crippen LogP) is 2.65. The van der Waals surface area contributed by atoms with E-state index in [0.717, 1.165) is 10.9 Å². The summed E-state index contributed by atoms with van der Waals surface area (Å²) in [6.07, 6.45) is 0. The zero-order valence-electron chi connectivity index (χ0n) is 10.9. The first kappa shape index (κ1) is 12.9. The third-order valence-corrected chi connectivity index (χ3v) is 3.02. The lowest BCUT2D eigenvalue weighted by atomic mass is 10.2. The van der Waals surface area contributed by atoms with Crippen molar-refractivity contribution < 1.29 is 9.90 Å². The molecule has 0 saturated heterocycles. The van der Waals surface area contributed by atoms with Crippen LogP contribution in [-0.2, 0) is 0 Å². The van der Waals surface area contributed by atoms with Gasteiger partial charge >= 0.3 is 5.97 Å². The highest BCUT2D eigenvalue weighted by Gasteiger charge is 2.06. The van der Waals surface area contributed by atoms with Crippen LogP contribution in [0.25, 0.3) is 10.9 Å². The van der Waals surface area contributed by atoms with Gasteiger partial charge in [0.1, 0.15) is 5.82 Å². The Kier molecular flexibility index (Phi) is 3.12. The van der Waals surface area contributed by atoms with Crippen LogP contribution in [0.1, 0.15) is 10.4 Å². The highest BCUT2D eigenvalue weighted by molar-refractivity contribution is 5.89. The minimum Gasteiger partial charge on any atom is -0.478 e. The van der Waals surface area contributed by atoms with Crippen LogP contribution in [0.5, 0.6) is 0 Å². The fraction of sp³-hybridized carbons (Fsp3) is 0. The van der Waals surface area contributed by atoms with E-state index in [2.05, 4.69) is 15.3 Å². The lowest BCUT2D eigenvalue weighted by Crippen LogP contribution is -2.02. The van der Waals surface area contributed by atoms with E-state index in [-0.39, 0.29) is 5.56 Å². The molecule has 0 radical (unpaired) electrons. The molecule has 0 amide bonds. The summed E-state index contributed by atoms with van der Waals surface area (Å²) in [5.41, 5.74) is 7.56. The fourth-order valence-corrected chi connectivity index (χ4v) is 1.98. The van der Waals surface area contributed by atoms with Gasteiger partial charge in [-0.2, -0.15) is 4.98 Å². The first-order valence-electron chi connectivity index (χ1n) is 6.26. The Morgan fingerprint density at radius 3 is 2.48 bits per heavy atom. The Labute approximate surface area is 120 Å². The molecule has 0 spiro atoms. The van der Waals surface area contributed by atoms with Crippen molar-refractivity contribution in [2.24, 2.45) is 0 Å². The first-order chi connectivity index (χ1) is 10.1. The predicted molar refractivity (Wildman–Crippen MR) is 80.6 cm³/mol. The third-order valence-electron chi connectivity index (χ3n) is 3.02. The van der Waals surface area contributed by atoms with Gasteiger partial charge in [0.05, 0.1) is 11.1 Å². The summed E-state index contributed by atoms with van der Waals surface area (Å²) in [4.78, 5) is 19.4. The Balaban J connectivity index is 1.92. The van der Waals surface area contributed by atoms with Crippen molar-refractivity contribution in [3.8, 4) is 0 Å². The van der Waals surface area contributed by atoms with Crippen LogP contribution in [0.4, 0.5) is 17.5 Å². The first-order valence-corrected chi connectivity index (χ1v) is 6.26. The summed E-state index contributed by atoms with van der Waals surface area (Å²) in [5.74, 6) is -0.202. The molecule has 6 heteroatoms. The summed E-state index contributed by atoms with van der Waals surface area (Å²) in [7, 11) is 0. The maximum absolute atomic E-state index is 10.8. The van der Waals surface area contributed by atoms with Gasteiger partial charge in [-0.05, 0) is 36.4 Å². The van der Waals surface area contributed by atoms with Crippen molar-refractivity contribution in [1.29, 1.82) is 0 Å². The van der Waals surface area contributed by atoms with Crippen LogP contribution in [-0.4, -0.2) is 21.0 Å². The number of hydrogen-bond acceptors (Lipinski definition) is 5. The Morgan fingerprint density at radius 2 is 1.76 bits per heavy atom. The number of benzene rings is 2. The second kappa shape index (κ2) is 5.09. The molecule has 0 aliphatic rings. The topological polar surface area (TPSA) is 101 Å². The third kappa shape index (κ3) is 2.59. The number of para-hydroxylation sites is 1. The van der Waals surface area contributed by atoms with Crippen LogP contribution >= 0.6 is 0 Å². The molecular formula is C15H12N4O2. The number of aromatic carboxylic acids is 1. The number of nitrogen functional groups attached to an aromatic ring is 1. The number of carboxylic acids is 1. The highest BCUT2D eigenvalue weighted by Crippen LogP contribution is 2.21. The number of fused-ring (bicyclic) bond motifs is 1. The SMILES string of the molecule is Nc1nc(Nc2ccc(C(=O)O)cc2)nc2ccccc12. The normalized spacial score (nSPS) is 10.5. The number of carbonyl (C=O) groups is 1. The van der Waals surface area contributed by atoms with Gasteiger partial charge in [0.25, 0.3) is 0 Å². The molecule has 104 valence electrons. The molecule has 1 heterocycles. The van der Waals surface area contributed by atoms with Gasteiger partial charge in [-0.1, -0.05) is 12.1 Å². The fourth-order valence-electron chi connectivity index (χ4n) is 1.98. The summed E-state index contributed by atoms with van der Waals surface area (Å²) in [6, 6.07) is 13.8. The Morgan fingerprint density at radius 1 is 1.05 bits per heavy atom. The summed E-state index contributed by atoms with van der Waals surface area (Å²) >= 11 is 0. The molecule has 0 unspecified atom stereocenters. The van der Waals surface area contributed by atoms with E-state index in [1.54, 1.807) is 12.1 Å². The molecule has 2 aromatic carbocycles. The maximum Gasteiger partial charge on any atom is 0.335 e. The number of nitrogens with one attached hydrogen (secondary N) is 1. The van der Waals surface area contributed by atoms with Crippen molar-refractivity contribution in [1.82, 2.24) is 9.97 Å². The van der Waals surface area contributed by atoms with Gasteiger partial charge in [-0.25, -0.2) is 9.78 Å². The van der Waals surface area contributed by atoms with Gasteiger partial charge in [0.15, 0.2) is 0 Å². The molecule has 0 atom stereocenters. The van der Waals surface area contributed by atoms with E-state index in [0.29, 0.717) is 17.5 Å². The molecular weight excluding hydrogens is 268 g/mol. The Hall–Kier alpha value is -3.15. The van der Waals surface area contributed by atoms with E-state index in [9.17, 15) is 4.79 Å². The van der Waals surface area contributed by atoms with Gasteiger partial charge in [-0.15, -0.1) is 0 Å². The minimum atomic E-state index is -0.965. The van der Waals surface area contributed by atoms with Crippen molar-refractivity contribution in [3.63, 3.8) is 0 Å². The molecule has 0 fully saturated rings. The van der Waals surface area contributed by atoms with Gasteiger partial charge in [0, 0.05) is 11.1 Å². The van der Waals surface area contributed by atoms with Crippen molar-refractivity contribution in [3.05, 3.63) is 54.1 Å². The van der Waals surface area contributed by atoms with E-state index >= 15 is 0 Å². The number of nitrogens with zero attached hydrogens (tertiary/aromatic N) is 2. The summed E-state index contributed by atoms with van der Waals surface area (Å²) in [6.45, 7) is 0. The average Bonchev–Trinajstić information content (AvgIpc) is 2.48. The Bertz CT molecular complexity index is 816. The van der Waals surface area contributed by atoms with Crippen LogP contribution in [0.2, 0.25) is 0 Å². The van der Waals surface area contributed by atoms with Gasteiger partial charge < -0.3 is 16.2 Å². The molecule has 0 aliphatic heterocycles. The second-order valence-electron chi connectivity index (χ2n) is 4.46. The van der Waals surface area contributed by atoms with E-state index < -0.39 is 5.97 Å². The number of nitrogens with two attached hydrogens (primary N) is 1. The standard InChI is InChI=1S/C15H12N4O2/c16-13-11-3-1-2-4-12(11)18-15(19-13)17-10-7-5-9(6-8-10)14(20)21/h1-8H,(H,20,21)(H3,16,17,18,19). The van der Waals surface area contributed by atoms with Crippen LogP contribution in [0.3, 0.4) is 0 Å². The van der Waals surface area contributed by atoms with Crippen molar-refractivity contribution in [2.45, 2.75) is 0 Å². The second-order valence-corrected chi connectivity index (χ2v) is 4.46. The number of carboxylic acid groups (broad SMARTS) is 1. The van der Waals surface area contributed by atoms with E-state index in [4.69, 9.17) is 10.8 Å². The summed E-state index contributed by atoms with van der Waals surface area (Å²) < 4.78 is 0. The van der Waals surface area contributed by atoms with Crippen LogP contribution < -0.4 is 11.1 Å². The minimum absolute atomic E-state index is 0.222. The zero-order valence-corrected chi connectivity index (χ0v) is 10.9. The monoisotopic (exact) mass is 280 g/mol. The molecule has 21 heavy (non-hydrogen) atoms. The molecule has 0 saturated carbocycles. The zero-order chi connectivity index (χ0) is 14.8. The quantitative estimate of drug-likeness (QED) is 0.681. The lowest BCUT2D eigenvalue weighted by Gasteiger charge is -2.07. The molecule has 6 nitrogen and oxygen atoms in total. The number of anilines is 3. The average molecular weight is 280 g/mol. The smallest absolute Gasteiger partial charge is 0.335 e. The van der Waals surface area contributed by atoms with E-state index in [1.165, 1.54) is 12.1 Å². The number of rotatable bonds is 3. The van der Waals surface area contributed by atoms with Gasteiger partial charge in [-0.3, -0.25) is 0 Å². The molecule has 3 aromatic rings. The lowest BCUT2D eigenvalue weighted by molar-refractivity contribution is 0.0697. The molecule has 3 rings (SSSR count). The van der Waals surface area contributed by atoms with Crippen molar-refractivity contribution >= 4 is 34.3 Å². The summed E-state index contributed by atoms with van der Waals surface area (Å²) in [5, 5.41) is 12.7. The van der Waals surface area contributed by atoms with Crippen LogP contribution in [0.15, 0.2) is 48.5 Å². The van der Waals surface area contributed by atoms with Gasteiger partial charge in [0.2, 0.25) is 5.95 Å². The van der Waals surface area contributed by atoms with Crippen LogP contribution in [0, 0.1) is 0 Å². The van der Waals surface area contributed by atoms with Crippen molar-refractivity contribution in [2.75, 3.05) is 11.1 Å². The molecule has 0 bridgehead atoms.